The van der Waals surface area contributed by atoms with E-state index in [4.69, 9.17) is 11.6 Å². The molecule has 1 fully saturated rings. The van der Waals surface area contributed by atoms with Gasteiger partial charge in [0.05, 0.1) is 5.75 Å². The Kier molecular flexibility index (Phi) is 7.33. The van der Waals surface area contributed by atoms with E-state index < -0.39 is 10.0 Å². The maximum absolute atomic E-state index is 11.9. The van der Waals surface area contributed by atoms with Crippen LogP contribution in [0.25, 0.3) is 0 Å². The quantitative estimate of drug-likeness (QED) is 0.479. The molecule has 8 heteroatoms. The lowest BCUT2D eigenvalue weighted by molar-refractivity contribution is 0.316. The summed E-state index contributed by atoms with van der Waals surface area (Å²) >= 11 is 5.85. The highest BCUT2D eigenvalue weighted by molar-refractivity contribution is 7.89. The third kappa shape index (κ3) is 6.67. The maximum atomic E-state index is 11.9. The zero-order valence-corrected chi connectivity index (χ0v) is 15.5. The zero-order chi connectivity index (χ0) is 17.4. The number of rotatable bonds is 8. The van der Waals surface area contributed by atoms with Crippen LogP contribution in [0.5, 0.6) is 0 Å². The van der Waals surface area contributed by atoms with Crippen LogP contribution in [0.4, 0.5) is 0 Å². The first-order valence-electron chi connectivity index (χ1n) is 8.15. The number of benzene rings is 1. The van der Waals surface area contributed by atoms with Crippen molar-refractivity contribution in [3.63, 3.8) is 0 Å². The van der Waals surface area contributed by atoms with E-state index in [-0.39, 0.29) is 5.75 Å². The standard InChI is InChI=1S/C16H25ClN4O2S/c1-18-16(20-11-14-5-7-15(17)8-6-14)19-9-10-24(22,23)21-12-13-3-2-4-13/h5-8,13,21H,2-4,9-12H2,1H3,(H2,18,19,20). The first-order chi connectivity index (χ1) is 11.5. The van der Waals surface area contributed by atoms with E-state index in [2.05, 4.69) is 20.3 Å². The van der Waals surface area contributed by atoms with Gasteiger partial charge in [-0.15, -0.1) is 0 Å². The van der Waals surface area contributed by atoms with E-state index >= 15 is 0 Å². The highest BCUT2D eigenvalue weighted by Crippen LogP contribution is 2.25. The van der Waals surface area contributed by atoms with Gasteiger partial charge in [-0.3, -0.25) is 4.99 Å². The number of hydrogen-bond acceptors (Lipinski definition) is 3. The summed E-state index contributed by atoms with van der Waals surface area (Å²) in [7, 11) is -1.59. The van der Waals surface area contributed by atoms with Gasteiger partial charge in [0.1, 0.15) is 0 Å². The van der Waals surface area contributed by atoms with Crippen molar-refractivity contribution < 1.29 is 8.42 Å². The average molecular weight is 373 g/mol. The highest BCUT2D eigenvalue weighted by Gasteiger charge is 2.19. The van der Waals surface area contributed by atoms with Gasteiger partial charge in [0.25, 0.3) is 0 Å². The SMILES string of the molecule is CN=C(NCCS(=O)(=O)NCC1CCC1)NCc1ccc(Cl)cc1. The van der Waals surface area contributed by atoms with Crippen molar-refractivity contribution in [3.05, 3.63) is 34.9 Å². The van der Waals surface area contributed by atoms with Crippen LogP contribution in [0, 0.1) is 5.92 Å². The summed E-state index contributed by atoms with van der Waals surface area (Å²) in [4.78, 5) is 4.09. The van der Waals surface area contributed by atoms with Crippen molar-refractivity contribution in [1.82, 2.24) is 15.4 Å². The minimum Gasteiger partial charge on any atom is -0.355 e. The normalized spacial score (nSPS) is 15.8. The molecule has 1 aromatic rings. The van der Waals surface area contributed by atoms with Crippen molar-refractivity contribution in [2.75, 3.05) is 25.9 Å². The average Bonchev–Trinajstić information content (AvgIpc) is 2.50. The van der Waals surface area contributed by atoms with Crippen molar-refractivity contribution in [2.45, 2.75) is 25.8 Å². The Morgan fingerprint density at radius 3 is 2.54 bits per heavy atom. The molecule has 0 unspecified atom stereocenters. The van der Waals surface area contributed by atoms with Gasteiger partial charge in [-0.25, -0.2) is 13.1 Å². The molecule has 0 spiro atoms. The van der Waals surface area contributed by atoms with Crippen molar-refractivity contribution in [3.8, 4) is 0 Å². The monoisotopic (exact) mass is 372 g/mol. The molecule has 0 aliphatic heterocycles. The first kappa shape index (κ1) is 19.0. The lowest BCUT2D eigenvalue weighted by Gasteiger charge is -2.25. The molecule has 24 heavy (non-hydrogen) atoms. The molecule has 0 saturated heterocycles. The van der Waals surface area contributed by atoms with Crippen molar-refractivity contribution in [1.29, 1.82) is 0 Å². The topological polar surface area (TPSA) is 82.6 Å². The van der Waals surface area contributed by atoms with Gasteiger partial charge in [-0.2, -0.15) is 0 Å². The Hall–Kier alpha value is -1.31. The Bertz CT molecular complexity index is 643. The molecule has 0 aromatic heterocycles. The number of sulfonamides is 1. The molecular formula is C16H25ClN4O2S. The summed E-state index contributed by atoms with van der Waals surface area (Å²) in [6, 6.07) is 7.51. The molecule has 2 rings (SSSR count). The van der Waals surface area contributed by atoms with Crippen LogP contribution in [-0.4, -0.2) is 40.3 Å². The first-order valence-corrected chi connectivity index (χ1v) is 10.2. The number of aliphatic imine (C=N–C) groups is 1. The third-order valence-electron chi connectivity index (χ3n) is 4.08. The van der Waals surface area contributed by atoms with Gasteiger partial charge < -0.3 is 10.6 Å². The Balaban J connectivity index is 1.67. The number of halogens is 1. The highest BCUT2D eigenvalue weighted by atomic mass is 35.5. The van der Waals surface area contributed by atoms with Crippen LogP contribution >= 0.6 is 11.6 Å². The van der Waals surface area contributed by atoms with Gasteiger partial charge >= 0.3 is 0 Å². The van der Waals surface area contributed by atoms with Crippen molar-refractivity contribution >= 4 is 27.6 Å². The fraction of sp³-hybridized carbons (Fsp3) is 0.562. The van der Waals surface area contributed by atoms with Crippen LogP contribution in [0.15, 0.2) is 29.3 Å². The zero-order valence-electron chi connectivity index (χ0n) is 13.9. The van der Waals surface area contributed by atoms with E-state index in [9.17, 15) is 8.42 Å². The summed E-state index contributed by atoms with van der Waals surface area (Å²) < 4.78 is 26.5. The van der Waals surface area contributed by atoms with Crippen LogP contribution in [-0.2, 0) is 16.6 Å². The van der Waals surface area contributed by atoms with Crippen LogP contribution < -0.4 is 15.4 Å². The van der Waals surface area contributed by atoms with Gasteiger partial charge in [-0.05, 0) is 36.5 Å². The van der Waals surface area contributed by atoms with Crippen LogP contribution in [0.3, 0.4) is 0 Å². The lowest BCUT2D eigenvalue weighted by atomic mass is 9.86. The van der Waals surface area contributed by atoms with E-state index in [1.807, 2.05) is 24.3 Å². The van der Waals surface area contributed by atoms with Gasteiger partial charge in [0.15, 0.2) is 5.96 Å². The Morgan fingerprint density at radius 2 is 1.96 bits per heavy atom. The molecular weight excluding hydrogens is 348 g/mol. The molecule has 0 heterocycles. The summed E-state index contributed by atoms with van der Waals surface area (Å²) in [6.07, 6.45) is 3.47. The molecule has 1 aliphatic rings. The molecule has 134 valence electrons. The lowest BCUT2D eigenvalue weighted by Crippen LogP contribution is -2.41. The minimum absolute atomic E-state index is 0.0291. The number of nitrogens with zero attached hydrogens (tertiary/aromatic N) is 1. The second-order valence-corrected chi connectivity index (χ2v) is 8.31. The fourth-order valence-corrected chi connectivity index (χ4v) is 3.46. The number of guanidine groups is 1. The molecule has 0 bridgehead atoms. The van der Waals surface area contributed by atoms with Crippen LogP contribution in [0.2, 0.25) is 5.02 Å². The molecule has 0 radical (unpaired) electrons. The second kappa shape index (κ2) is 9.25. The van der Waals surface area contributed by atoms with E-state index in [0.29, 0.717) is 36.5 Å². The molecule has 1 saturated carbocycles. The van der Waals surface area contributed by atoms with Gasteiger partial charge in [0.2, 0.25) is 10.0 Å². The van der Waals surface area contributed by atoms with E-state index in [1.165, 1.54) is 6.42 Å². The second-order valence-electron chi connectivity index (χ2n) is 5.94. The van der Waals surface area contributed by atoms with Crippen molar-refractivity contribution in [2.24, 2.45) is 10.9 Å². The van der Waals surface area contributed by atoms with E-state index in [1.54, 1.807) is 7.05 Å². The predicted octanol–water partition coefficient (Wildman–Crippen LogP) is 1.72. The number of nitrogens with one attached hydrogen (secondary N) is 3. The summed E-state index contributed by atoms with van der Waals surface area (Å²) in [5.74, 6) is 1.11. The Labute approximate surface area is 149 Å². The third-order valence-corrected chi connectivity index (χ3v) is 5.68. The van der Waals surface area contributed by atoms with Gasteiger partial charge in [0, 0.05) is 31.7 Å². The summed E-state index contributed by atoms with van der Waals surface area (Å²) in [5.41, 5.74) is 1.07. The Morgan fingerprint density at radius 1 is 1.25 bits per heavy atom. The molecule has 0 atom stereocenters. The molecule has 6 nitrogen and oxygen atoms in total. The van der Waals surface area contributed by atoms with Crippen LogP contribution in [0.1, 0.15) is 24.8 Å². The number of hydrogen-bond donors (Lipinski definition) is 3. The largest absolute Gasteiger partial charge is 0.355 e. The molecule has 1 aliphatic carbocycles. The fourth-order valence-electron chi connectivity index (χ4n) is 2.33. The smallest absolute Gasteiger partial charge is 0.213 e. The molecule has 0 amide bonds. The summed E-state index contributed by atoms with van der Waals surface area (Å²) in [5, 5.41) is 6.85. The minimum atomic E-state index is -3.24. The van der Waals surface area contributed by atoms with Gasteiger partial charge in [-0.1, -0.05) is 30.2 Å². The predicted molar refractivity (Wildman–Crippen MR) is 98.8 cm³/mol. The maximum Gasteiger partial charge on any atom is 0.213 e. The molecule has 3 N–H and O–H groups in total. The summed E-state index contributed by atoms with van der Waals surface area (Å²) in [6.45, 7) is 1.45. The van der Waals surface area contributed by atoms with E-state index in [0.717, 1.165) is 18.4 Å². The molecule has 1 aromatic carbocycles.